The van der Waals surface area contributed by atoms with Crippen molar-refractivity contribution in [1.82, 2.24) is 0 Å². The average molecular weight is 563 g/mol. The number of allylic oxidation sites excluding steroid dienone is 4. The summed E-state index contributed by atoms with van der Waals surface area (Å²) in [7, 11) is 0. The lowest BCUT2D eigenvalue weighted by Crippen LogP contribution is -2.65. The molecule has 2 heterocycles. The zero-order valence-electron chi connectivity index (χ0n) is 22.9. The summed E-state index contributed by atoms with van der Waals surface area (Å²) in [6.07, 6.45) is -10.0. The van der Waals surface area contributed by atoms with Gasteiger partial charge in [-0.2, -0.15) is 0 Å². The minimum Gasteiger partial charge on any atom is -0.394 e. The lowest BCUT2D eigenvalue weighted by atomic mass is 9.94. The molecule has 12 nitrogen and oxygen atoms in total. The van der Waals surface area contributed by atoms with Crippen molar-refractivity contribution in [2.45, 2.75) is 120 Å². The van der Waals surface area contributed by atoms with Crippen LogP contribution < -0.4 is 0 Å². The van der Waals surface area contributed by atoms with E-state index in [2.05, 4.69) is 19.2 Å². The molecular weight excluding hydrogens is 516 g/mol. The summed E-state index contributed by atoms with van der Waals surface area (Å²) in [6, 6.07) is 0. The van der Waals surface area contributed by atoms with Crippen molar-refractivity contribution >= 4 is 0 Å². The Morgan fingerprint density at radius 3 is 2.05 bits per heavy atom. The van der Waals surface area contributed by atoms with Crippen molar-refractivity contribution in [3.63, 3.8) is 0 Å². The van der Waals surface area contributed by atoms with E-state index < -0.39 is 86.3 Å². The first-order valence-corrected chi connectivity index (χ1v) is 13.2. The molecular formula is C27H46O12. The van der Waals surface area contributed by atoms with E-state index >= 15 is 0 Å². The van der Waals surface area contributed by atoms with Crippen molar-refractivity contribution in [2.24, 2.45) is 0 Å². The Bertz CT molecular complexity index is 807. The molecule has 2 aliphatic rings. The van der Waals surface area contributed by atoms with Crippen LogP contribution in [-0.4, -0.2) is 127 Å². The molecule has 8 N–H and O–H groups in total. The highest BCUT2D eigenvalue weighted by molar-refractivity contribution is 5.12. The predicted molar refractivity (Wildman–Crippen MR) is 139 cm³/mol. The molecule has 0 amide bonds. The van der Waals surface area contributed by atoms with Crippen LogP contribution in [0.3, 0.4) is 0 Å². The molecule has 0 saturated carbocycles. The van der Waals surface area contributed by atoms with E-state index in [1.807, 2.05) is 6.92 Å². The number of aliphatic hydroxyl groups is 8. The molecule has 0 aliphatic carbocycles. The second kappa shape index (κ2) is 15.1. The third-order valence-corrected chi connectivity index (χ3v) is 7.09. The molecule has 0 aromatic carbocycles. The third-order valence-electron chi connectivity index (χ3n) is 7.09. The Kier molecular flexibility index (Phi) is 13.1. The van der Waals surface area contributed by atoms with E-state index in [-0.39, 0.29) is 0 Å². The monoisotopic (exact) mass is 562 g/mol. The van der Waals surface area contributed by atoms with Crippen LogP contribution in [0, 0.1) is 0 Å². The van der Waals surface area contributed by atoms with E-state index in [0.717, 1.165) is 24.0 Å². The van der Waals surface area contributed by atoms with Crippen molar-refractivity contribution in [3.8, 4) is 0 Å². The van der Waals surface area contributed by atoms with Crippen LogP contribution in [0.5, 0.6) is 0 Å². The van der Waals surface area contributed by atoms with E-state index in [1.54, 1.807) is 19.9 Å². The Morgan fingerprint density at radius 1 is 0.897 bits per heavy atom. The highest BCUT2D eigenvalue weighted by Crippen LogP contribution is 2.32. The molecule has 0 aromatic heterocycles. The minimum absolute atomic E-state index is 0.367. The second-order valence-corrected chi connectivity index (χ2v) is 10.8. The smallest absolute Gasteiger partial charge is 0.187 e. The van der Waals surface area contributed by atoms with E-state index in [1.165, 1.54) is 0 Å². The van der Waals surface area contributed by atoms with Gasteiger partial charge < -0.3 is 59.8 Å². The Hall–Kier alpha value is -1.26. The zero-order valence-corrected chi connectivity index (χ0v) is 22.9. The van der Waals surface area contributed by atoms with Gasteiger partial charge in [-0.05, 0) is 46.5 Å². The van der Waals surface area contributed by atoms with E-state index in [9.17, 15) is 40.9 Å². The van der Waals surface area contributed by atoms with Crippen LogP contribution >= 0.6 is 0 Å². The highest BCUT2D eigenvalue weighted by atomic mass is 16.7. The van der Waals surface area contributed by atoms with Gasteiger partial charge in [0.25, 0.3) is 0 Å². The molecule has 226 valence electrons. The first-order chi connectivity index (χ1) is 18.2. The van der Waals surface area contributed by atoms with Crippen LogP contribution in [-0.2, 0) is 18.9 Å². The predicted octanol–water partition coefficient (Wildman–Crippen LogP) is -0.984. The molecule has 1 unspecified atom stereocenters. The lowest BCUT2D eigenvalue weighted by molar-refractivity contribution is -0.366. The topological polar surface area (TPSA) is 199 Å². The average Bonchev–Trinajstić information content (AvgIpc) is 2.89. The molecule has 12 heteroatoms. The van der Waals surface area contributed by atoms with Gasteiger partial charge in [0.2, 0.25) is 0 Å². The van der Waals surface area contributed by atoms with Crippen LogP contribution in [0.25, 0.3) is 0 Å². The quantitative estimate of drug-likeness (QED) is 0.0952. The van der Waals surface area contributed by atoms with E-state index in [4.69, 9.17) is 18.9 Å². The number of hydrogen-bond donors (Lipinski definition) is 8. The standard InChI is InChI=1S/C27H46O12/c1-6-14(2)8-7-9-15(3)10-11-18(27(4,5)35)38-25-23(34)21(32)24(17(13-29)37-25)39-26-22(33)20(31)19(30)16(12-28)36-26/h6,9,16-26,28-35H,1-2,7-8,10-13H2,3-5H3/b15-9+/t16-,17-,18?,19-,20+,21-,22-,23-,24-,25+,26+/m1/s1. The molecule has 11 atom stereocenters. The second-order valence-electron chi connectivity index (χ2n) is 10.8. The van der Waals surface area contributed by atoms with Crippen molar-refractivity contribution < 1.29 is 59.8 Å². The van der Waals surface area contributed by atoms with Crippen molar-refractivity contribution in [3.05, 3.63) is 36.5 Å². The van der Waals surface area contributed by atoms with Crippen molar-refractivity contribution in [1.29, 1.82) is 0 Å². The van der Waals surface area contributed by atoms with Gasteiger partial charge in [0.1, 0.15) is 48.8 Å². The largest absolute Gasteiger partial charge is 0.394 e. The maximum absolute atomic E-state index is 10.8. The molecule has 0 radical (unpaired) electrons. The molecule has 2 rings (SSSR count). The summed E-state index contributed by atoms with van der Waals surface area (Å²) in [6.45, 7) is 11.3. The summed E-state index contributed by atoms with van der Waals surface area (Å²) in [5.41, 5.74) is 0.659. The number of ether oxygens (including phenoxy) is 4. The summed E-state index contributed by atoms with van der Waals surface area (Å²) in [5, 5.41) is 81.9. The number of rotatable bonds is 14. The van der Waals surface area contributed by atoms with E-state index in [0.29, 0.717) is 12.8 Å². The lowest BCUT2D eigenvalue weighted by Gasteiger charge is -2.46. The fraction of sp³-hybridized carbons (Fsp3) is 0.778. The normalized spacial score (nSPS) is 36.9. The Balaban J connectivity index is 2.08. The first-order valence-electron chi connectivity index (χ1n) is 13.2. The van der Waals surface area contributed by atoms with Gasteiger partial charge in [-0.1, -0.05) is 36.5 Å². The molecule has 2 saturated heterocycles. The SMILES string of the molecule is C=CC(=C)CC/C=C(\C)CCC(O[C@@H]1O[C@H](CO)[C@@H](O[C@@H]2O[C@H](CO)[C@@H](O)[C@H](O)[C@H]2O)[C@H](O)[C@H]1O)C(C)(C)O. The van der Waals surface area contributed by atoms with Gasteiger partial charge in [0.05, 0.1) is 24.9 Å². The molecule has 39 heavy (non-hydrogen) atoms. The van der Waals surface area contributed by atoms with Crippen LogP contribution in [0.4, 0.5) is 0 Å². The Morgan fingerprint density at radius 2 is 1.49 bits per heavy atom. The summed E-state index contributed by atoms with van der Waals surface area (Å²) < 4.78 is 22.5. The minimum atomic E-state index is -1.76. The fourth-order valence-corrected chi connectivity index (χ4v) is 4.48. The maximum Gasteiger partial charge on any atom is 0.187 e. The van der Waals surface area contributed by atoms with Gasteiger partial charge in [-0.3, -0.25) is 0 Å². The molecule has 0 bridgehead atoms. The molecule has 2 aliphatic heterocycles. The van der Waals surface area contributed by atoms with Gasteiger partial charge in [0, 0.05) is 0 Å². The zero-order chi connectivity index (χ0) is 29.5. The summed E-state index contributed by atoms with van der Waals surface area (Å²) in [5.74, 6) is 0. The molecule has 0 aromatic rings. The third kappa shape index (κ3) is 9.12. The van der Waals surface area contributed by atoms with Gasteiger partial charge in [-0.15, -0.1) is 0 Å². The van der Waals surface area contributed by atoms with Crippen LogP contribution in [0.1, 0.15) is 46.5 Å². The van der Waals surface area contributed by atoms with Crippen LogP contribution in [0.15, 0.2) is 36.5 Å². The van der Waals surface area contributed by atoms with Gasteiger partial charge >= 0.3 is 0 Å². The summed E-state index contributed by atoms with van der Waals surface area (Å²) in [4.78, 5) is 0. The van der Waals surface area contributed by atoms with Gasteiger partial charge in [-0.25, -0.2) is 0 Å². The molecule has 2 fully saturated rings. The highest BCUT2D eigenvalue weighted by Gasteiger charge is 2.51. The first kappa shape index (κ1) is 33.9. The van der Waals surface area contributed by atoms with Gasteiger partial charge in [0.15, 0.2) is 12.6 Å². The fourth-order valence-electron chi connectivity index (χ4n) is 4.48. The maximum atomic E-state index is 10.8. The molecule has 0 spiro atoms. The summed E-state index contributed by atoms with van der Waals surface area (Å²) >= 11 is 0. The van der Waals surface area contributed by atoms with Crippen molar-refractivity contribution in [2.75, 3.05) is 13.2 Å². The number of aliphatic hydroxyl groups excluding tert-OH is 7. The number of hydrogen-bond acceptors (Lipinski definition) is 12. The Labute approximate surface area is 229 Å². The van der Waals surface area contributed by atoms with Crippen LogP contribution in [0.2, 0.25) is 0 Å².